The third-order valence-corrected chi connectivity index (χ3v) is 4.49. The number of hydrogen-bond donors (Lipinski definition) is 0. The van der Waals surface area contributed by atoms with E-state index in [-0.39, 0.29) is 11.3 Å². The van der Waals surface area contributed by atoms with Crippen LogP contribution < -0.4 is 4.74 Å². The van der Waals surface area contributed by atoms with E-state index in [0.29, 0.717) is 13.2 Å². The Morgan fingerprint density at radius 1 is 1.09 bits per heavy atom. The smallest absolute Gasteiger partial charge is 0.233 e. The van der Waals surface area contributed by atoms with Crippen molar-refractivity contribution in [1.29, 1.82) is 0 Å². The molecule has 1 amide bonds. The van der Waals surface area contributed by atoms with Crippen molar-refractivity contribution < 1.29 is 9.53 Å². The molecule has 23 heavy (non-hydrogen) atoms. The van der Waals surface area contributed by atoms with Gasteiger partial charge in [-0.05, 0) is 43.0 Å². The molecule has 0 saturated heterocycles. The molecule has 0 aromatic heterocycles. The lowest BCUT2D eigenvalue weighted by Gasteiger charge is -2.24. The normalized spacial score (nSPS) is 15.0. The molecule has 0 radical (unpaired) electrons. The summed E-state index contributed by atoms with van der Waals surface area (Å²) in [7, 11) is 1.89. The van der Waals surface area contributed by atoms with Gasteiger partial charge in [0.2, 0.25) is 5.91 Å². The van der Waals surface area contributed by atoms with Crippen molar-refractivity contribution in [2.24, 2.45) is 0 Å². The van der Waals surface area contributed by atoms with Crippen LogP contribution in [0.15, 0.2) is 54.6 Å². The number of carbonyl (C=O) groups excluding carboxylic acids is 1. The summed E-state index contributed by atoms with van der Waals surface area (Å²) in [5, 5.41) is 0. The van der Waals surface area contributed by atoms with Crippen molar-refractivity contribution in [3.63, 3.8) is 0 Å². The average Bonchev–Trinajstić information content (AvgIpc) is 3.39. The van der Waals surface area contributed by atoms with Crippen molar-refractivity contribution in [2.45, 2.75) is 31.7 Å². The van der Waals surface area contributed by atoms with Gasteiger partial charge in [0.05, 0.1) is 12.0 Å². The van der Waals surface area contributed by atoms with Crippen molar-refractivity contribution >= 4 is 5.91 Å². The van der Waals surface area contributed by atoms with Gasteiger partial charge in [0, 0.05) is 13.6 Å². The fraction of sp³-hybridized carbons (Fsp3) is 0.350. The molecule has 0 spiro atoms. The fourth-order valence-corrected chi connectivity index (χ4v) is 3.08. The van der Waals surface area contributed by atoms with Crippen molar-refractivity contribution in [3.8, 4) is 5.75 Å². The third kappa shape index (κ3) is 3.24. The van der Waals surface area contributed by atoms with Crippen LogP contribution in [0.5, 0.6) is 5.75 Å². The zero-order valence-electron chi connectivity index (χ0n) is 13.8. The number of amides is 1. The van der Waals surface area contributed by atoms with Crippen LogP contribution in [0.4, 0.5) is 0 Å². The Morgan fingerprint density at radius 2 is 1.74 bits per heavy atom. The maximum absolute atomic E-state index is 12.9. The predicted molar refractivity (Wildman–Crippen MR) is 91.4 cm³/mol. The lowest BCUT2D eigenvalue weighted by Crippen LogP contribution is -2.36. The summed E-state index contributed by atoms with van der Waals surface area (Å²) in [6.45, 7) is 3.26. The van der Waals surface area contributed by atoms with Crippen LogP contribution in [0.1, 0.15) is 30.9 Å². The van der Waals surface area contributed by atoms with Crippen LogP contribution in [0.2, 0.25) is 0 Å². The van der Waals surface area contributed by atoms with Gasteiger partial charge in [-0.2, -0.15) is 0 Å². The summed E-state index contributed by atoms with van der Waals surface area (Å²) < 4.78 is 5.45. The summed E-state index contributed by atoms with van der Waals surface area (Å²) >= 11 is 0. The number of likely N-dealkylation sites (N-methyl/N-ethyl adjacent to an activating group) is 1. The van der Waals surface area contributed by atoms with Crippen LogP contribution >= 0.6 is 0 Å². The third-order valence-electron chi connectivity index (χ3n) is 4.49. The largest absolute Gasteiger partial charge is 0.494 e. The first kappa shape index (κ1) is 15.6. The first-order valence-corrected chi connectivity index (χ1v) is 8.18. The molecule has 3 rings (SSSR count). The molecule has 0 atom stereocenters. The van der Waals surface area contributed by atoms with Crippen LogP contribution in [-0.4, -0.2) is 24.5 Å². The number of ether oxygens (including phenoxy) is 1. The van der Waals surface area contributed by atoms with Crippen molar-refractivity contribution in [1.82, 2.24) is 4.90 Å². The summed E-state index contributed by atoms with van der Waals surface area (Å²) in [6, 6.07) is 18.1. The van der Waals surface area contributed by atoms with Crippen LogP contribution in [-0.2, 0) is 16.8 Å². The van der Waals surface area contributed by atoms with Gasteiger partial charge in [-0.3, -0.25) is 4.79 Å². The quantitative estimate of drug-likeness (QED) is 0.813. The molecule has 0 heterocycles. The minimum Gasteiger partial charge on any atom is -0.494 e. The van der Waals surface area contributed by atoms with E-state index in [1.807, 2.05) is 61.3 Å². The molecule has 0 unspecified atom stereocenters. The Labute approximate surface area is 137 Å². The first-order valence-electron chi connectivity index (χ1n) is 8.18. The Kier molecular flexibility index (Phi) is 4.37. The SMILES string of the molecule is CCOc1ccc(CN(C)C(=O)C2(c3ccccc3)CC2)cc1. The Balaban J connectivity index is 1.68. The second kappa shape index (κ2) is 6.45. The maximum atomic E-state index is 12.9. The minimum absolute atomic E-state index is 0.220. The van der Waals surface area contributed by atoms with E-state index in [0.717, 1.165) is 29.7 Å². The van der Waals surface area contributed by atoms with Crippen molar-refractivity contribution in [3.05, 3.63) is 65.7 Å². The van der Waals surface area contributed by atoms with E-state index >= 15 is 0 Å². The van der Waals surface area contributed by atoms with Gasteiger partial charge in [-0.25, -0.2) is 0 Å². The molecular formula is C20H23NO2. The van der Waals surface area contributed by atoms with E-state index < -0.39 is 0 Å². The van der Waals surface area contributed by atoms with E-state index in [1.54, 1.807) is 0 Å². The van der Waals surface area contributed by atoms with Gasteiger partial charge >= 0.3 is 0 Å². The maximum Gasteiger partial charge on any atom is 0.233 e. The number of rotatable bonds is 6. The average molecular weight is 309 g/mol. The highest BCUT2D eigenvalue weighted by molar-refractivity contribution is 5.91. The number of benzene rings is 2. The highest BCUT2D eigenvalue weighted by Gasteiger charge is 2.52. The molecule has 0 N–H and O–H groups in total. The Bertz CT molecular complexity index is 660. The molecule has 2 aromatic rings. The summed E-state index contributed by atoms with van der Waals surface area (Å²) in [4.78, 5) is 14.7. The van der Waals surface area contributed by atoms with E-state index in [9.17, 15) is 4.79 Å². The topological polar surface area (TPSA) is 29.5 Å². The van der Waals surface area contributed by atoms with Crippen LogP contribution in [0, 0.1) is 0 Å². The highest BCUT2D eigenvalue weighted by atomic mass is 16.5. The van der Waals surface area contributed by atoms with Gasteiger partial charge in [-0.15, -0.1) is 0 Å². The molecule has 0 bridgehead atoms. The summed E-state index contributed by atoms with van der Waals surface area (Å²) in [5.74, 6) is 1.09. The number of hydrogen-bond acceptors (Lipinski definition) is 2. The van der Waals surface area contributed by atoms with Gasteiger partial charge in [0.25, 0.3) is 0 Å². The minimum atomic E-state index is -0.290. The monoisotopic (exact) mass is 309 g/mol. The molecule has 120 valence electrons. The summed E-state index contributed by atoms with van der Waals surface area (Å²) in [6.07, 6.45) is 1.90. The number of carbonyl (C=O) groups is 1. The second-order valence-electron chi connectivity index (χ2n) is 6.19. The molecule has 0 aliphatic heterocycles. The summed E-state index contributed by atoms with van der Waals surface area (Å²) in [5.41, 5.74) is 1.97. The molecule has 1 aliphatic rings. The number of nitrogens with zero attached hydrogens (tertiary/aromatic N) is 1. The highest BCUT2D eigenvalue weighted by Crippen LogP contribution is 2.49. The lowest BCUT2D eigenvalue weighted by molar-refractivity contribution is -0.133. The fourth-order valence-electron chi connectivity index (χ4n) is 3.08. The first-order chi connectivity index (χ1) is 11.2. The van der Waals surface area contributed by atoms with Gasteiger partial charge in [-0.1, -0.05) is 42.5 Å². The predicted octanol–water partition coefficient (Wildman–Crippen LogP) is 3.78. The standard InChI is InChI=1S/C20H23NO2/c1-3-23-18-11-9-16(10-12-18)15-21(2)19(22)20(13-14-20)17-7-5-4-6-8-17/h4-12H,3,13-15H2,1-2H3. The van der Waals surface area contributed by atoms with Crippen LogP contribution in [0.3, 0.4) is 0 Å². The van der Waals surface area contributed by atoms with E-state index in [4.69, 9.17) is 4.74 Å². The lowest BCUT2D eigenvalue weighted by atomic mass is 9.94. The van der Waals surface area contributed by atoms with E-state index in [1.165, 1.54) is 0 Å². The molecule has 3 nitrogen and oxygen atoms in total. The molecule has 2 aromatic carbocycles. The van der Waals surface area contributed by atoms with Gasteiger partial charge in [0.15, 0.2) is 0 Å². The molecule has 1 saturated carbocycles. The molecule has 3 heteroatoms. The zero-order valence-corrected chi connectivity index (χ0v) is 13.8. The Hall–Kier alpha value is -2.29. The van der Waals surface area contributed by atoms with E-state index in [2.05, 4.69) is 12.1 Å². The zero-order chi connectivity index (χ0) is 16.3. The van der Waals surface area contributed by atoms with Crippen LogP contribution in [0.25, 0.3) is 0 Å². The van der Waals surface area contributed by atoms with Gasteiger partial charge in [0.1, 0.15) is 5.75 Å². The molecule has 1 aliphatic carbocycles. The second-order valence-corrected chi connectivity index (χ2v) is 6.19. The van der Waals surface area contributed by atoms with Gasteiger partial charge < -0.3 is 9.64 Å². The Morgan fingerprint density at radius 3 is 2.30 bits per heavy atom. The molecular weight excluding hydrogens is 286 g/mol. The van der Waals surface area contributed by atoms with Crippen molar-refractivity contribution in [2.75, 3.05) is 13.7 Å². The molecule has 1 fully saturated rings.